The second kappa shape index (κ2) is 12.9. The highest BCUT2D eigenvalue weighted by atomic mass is 16.6. The van der Waals surface area contributed by atoms with Gasteiger partial charge in [0.1, 0.15) is 17.7 Å². The number of nitrogens with zero attached hydrogens (tertiary/aromatic N) is 1. The van der Waals surface area contributed by atoms with E-state index in [9.17, 15) is 24.3 Å². The van der Waals surface area contributed by atoms with Crippen LogP contribution in [-0.4, -0.2) is 84.0 Å². The van der Waals surface area contributed by atoms with Gasteiger partial charge in [-0.1, -0.05) is 13.8 Å². The van der Waals surface area contributed by atoms with Crippen LogP contribution in [0.1, 0.15) is 66.7 Å². The van der Waals surface area contributed by atoms with Gasteiger partial charge in [-0.25, -0.2) is 9.59 Å². The molecule has 2 aliphatic heterocycles. The molecular weight excluding hydrogens is 456 g/mol. The van der Waals surface area contributed by atoms with Crippen molar-refractivity contribution in [2.24, 2.45) is 11.8 Å². The second-order valence-electron chi connectivity index (χ2n) is 10.8. The number of piperidine rings is 1. The van der Waals surface area contributed by atoms with Gasteiger partial charge >= 0.3 is 12.2 Å². The van der Waals surface area contributed by atoms with Crippen molar-refractivity contribution < 1.29 is 33.8 Å². The molecule has 0 spiro atoms. The van der Waals surface area contributed by atoms with E-state index in [0.717, 1.165) is 0 Å². The Morgan fingerprint density at radius 3 is 2.31 bits per heavy atom. The van der Waals surface area contributed by atoms with Crippen LogP contribution in [0.25, 0.3) is 0 Å². The second-order valence-corrected chi connectivity index (χ2v) is 10.8. The molecule has 4 N–H and O–H groups in total. The molecule has 11 heteroatoms. The van der Waals surface area contributed by atoms with E-state index >= 15 is 0 Å². The summed E-state index contributed by atoms with van der Waals surface area (Å²) in [5, 5.41) is 17.9. The van der Waals surface area contributed by atoms with Crippen LogP contribution < -0.4 is 16.0 Å². The lowest BCUT2D eigenvalue weighted by Crippen LogP contribution is -2.52. The highest BCUT2D eigenvalue weighted by Crippen LogP contribution is 2.19. The number of rotatable bonds is 9. The molecule has 0 aromatic carbocycles. The van der Waals surface area contributed by atoms with Crippen LogP contribution in [0.15, 0.2) is 0 Å². The third-order valence-electron chi connectivity index (χ3n) is 5.98. The molecular formula is C24H42N4O7. The average molecular weight is 499 g/mol. The van der Waals surface area contributed by atoms with Gasteiger partial charge in [0, 0.05) is 38.4 Å². The highest BCUT2D eigenvalue weighted by molar-refractivity contribution is 5.86. The Hall–Kier alpha value is -2.56. The quantitative estimate of drug-likeness (QED) is 0.377. The third kappa shape index (κ3) is 9.91. The molecule has 0 aromatic rings. The Kier molecular flexibility index (Phi) is 10.6. The van der Waals surface area contributed by atoms with Gasteiger partial charge in [-0.15, -0.1) is 0 Å². The molecule has 0 bridgehead atoms. The number of alkyl carbamates (subject to hydrolysis) is 1. The zero-order valence-corrected chi connectivity index (χ0v) is 21.6. The van der Waals surface area contributed by atoms with Crippen molar-refractivity contribution in [3.63, 3.8) is 0 Å². The van der Waals surface area contributed by atoms with Crippen molar-refractivity contribution in [3.8, 4) is 0 Å². The lowest BCUT2D eigenvalue weighted by Gasteiger charge is -2.33. The summed E-state index contributed by atoms with van der Waals surface area (Å²) < 4.78 is 10.9. The molecule has 35 heavy (non-hydrogen) atoms. The van der Waals surface area contributed by atoms with Gasteiger partial charge in [-0.05, 0) is 46.0 Å². The van der Waals surface area contributed by atoms with Crippen LogP contribution in [0.5, 0.6) is 0 Å². The predicted octanol–water partition coefficient (Wildman–Crippen LogP) is 1.53. The number of ether oxygens (including phenoxy) is 2. The third-order valence-corrected chi connectivity index (χ3v) is 5.98. The Labute approximate surface area is 207 Å². The predicted molar refractivity (Wildman–Crippen MR) is 128 cm³/mol. The SMILES string of the molecule is CC(C)CC(NC(=O)OC1CCN(C(=O)OC(C)(C)C)CC1)C(=O)NC(CO)CC1CCNC1=O. The molecule has 2 aliphatic rings. The number of aliphatic hydroxyl groups is 1. The molecule has 2 saturated heterocycles. The highest BCUT2D eigenvalue weighted by Gasteiger charge is 2.32. The summed E-state index contributed by atoms with van der Waals surface area (Å²) in [6, 6.07) is -1.42. The van der Waals surface area contributed by atoms with Crippen LogP contribution in [-0.2, 0) is 19.1 Å². The Morgan fingerprint density at radius 2 is 1.80 bits per heavy atom. The monoisotopic (exact) mass is 498 g/mol. The molecule has 2 heterocycles. The summed E-state index contributed by atoms with van der Waals surface area (Å²) in [6.07, 6.45) is 0.886. The Morgan fingerprint density at radius 1 is 1.14 bits per heavy atom. The number of nitrogens with one attached hydrogen (secondary N) is 3. The van der Waals surface area contributed by atoms with Crippen LogP contribution in [0.4, 0.5) is 9.59 Å². The first-order chi connectivity index (χ1) is 16.4. The zero-order valence-electron chi connectivity index (χ0n) is 21.6. The van der Waals surface area contributed by atoms with Crippen molar-refractivity contribution in [3.05, 3.63) is 0 Å². The topological polar surface area (TPSA) is 146 Å². The number of hydrogen-bond donors (Lipinski definition) is 4. The number of likely N-dealkylation sites (tertiary alicyclic amines) is 1. The van der Waals surface area contributed by atoms with E-state index in [0.29, 0.717) is 51.7 Å². The summed E-state index contributed by atoms with van der Waals surface area (Å²) in [4.78, 5) is 51.1. The summed E-state index contributed by atoms with van der Waals surface area (Å²) in [5.41, 5.74) is -0.575. The number of carbonyl (C=O) groups excluding carboxylic acids is 4. The summed E-state index contributed by atoms with van der Waals surface area (Å²) in [7, 11) is 0. The fourth-order valence-electron chi connectivity index (χ4n) is 4.21. The average Bonchev–Trinajstić information content (AvgIpc) is 3.15. The van der Waals surface area contributed by atoms with Crippen LogP contribution >= 0.6 is 0 Å². The van der Waals surface area contributed by atoms with Crippen LogP contribution in [0.3, 0.4) is 0 Å². The van der Waals surface area contributed by atoms with Gasteiger partial charge in [0.15, 0.2) is 0 Å². The first kappa shape index (κ1) is 28.7. The lowest BCUT2D eigenvalue weighted by atomic mass is 9.97. The van der Waals surface area contributed by atoms with E-state index in [1.165, 1.54) is 0 Å². The van der Waals surface area contributed by atoms with Crippen LogP contribution in [0, 0.1) is 11.8 Å². The molecule has 11 nitrogen and oxygen atoms in total. The number of aliphatic hydroxyl groups excluding tert-OH is 1. The van der Waals surface area contributed by atoms with E-state index in [2.05, 4.69) is 16.0 Å². The first-order valence-electron chi connectivity index (χ1n) is 12.5. The largest absolute Gasteiger partial charge is 0.446 e. The minimum absolute atomic E-state index is 0.0733. The zero-order chi connectivity index (χ0) is 26.2. The van der Waals surface area contributed by atoms with Gasteiger partial charge in [0.2, 0.25) is 11.8 Å². The molecule has 2 fully saturated rings. The van der Waals surface area contributed by atoms with Crippen LogP contribution in [0.2, 0.25) is 0 Å². The molecule has 0 aliphatic carbocycles. The molecule has 200 valence electrons. The number of carbonyl (C=O) groups is 4. The molecule has 0 aromatic heterocycles. The molecule has 0 saturated carbocycles. The van der Waals surface area contributed by atoms with Gasteiger partial charge in [-0.2, -0.15) is 0 Å². The van der Waals surface area contributed by atoms with Crippen molar-refractivity contribution in [2.75, 3.05) is 26.2 Å². The van der Waals surface area contributed by atoms with Gasteiger partial charge in [0.05, 0.1) is 12.6 Å². The summed E-state index contributed by atoms with van der Waals surface area (Å²) in [6.45, 7) is 10.4. The van der Waals surface area contributed by atoms with E-state index in [1.54, 1.807) is 4.90 Å². The standard InChI is InChI=1S/C24H42N4O7/c1-15(2)12-19(21(31)26-17(14-29)13-16-6-9-25-20(16)30)27-22(32)34-18-7-10-28(11-8-18)23(33)35-24(3,4)5/h15-19,29H,6-14H2,1-5H3,(H,25,30)(H,26,31)(H,27,32). The minimum Gasteiger partial charge on any atom is -0.446 e. The maximum atomic E-state index is 12.9. The van der Waals surface area contributed by atoms with Gasteiger partial charge in [0.25, 0.3) is 0 Å². The number of hydrogen-bond acceptors (Lipinski definition) is 7. The van der Waals surface area contributed by atoms with E-state index in [-0.39, 0.29) is 36.5 Å². The first-order valence-corrected chi connectivity index (χ1v) is 12.5. The normalized spacial score (nSPS) is 20.7. The fraction of sp³-hybridized carbons (Fsp3) is 0.833. The minimum atomic E-state index is -0.837. The van der Waals surface area contributed by atoms with Crippen molar-refractivity contribution >= 4 is 24.0 Å². The molecule has 2 rings (SSSR count). The molecule has 3 atom stereocenters. The summed E-state index contributed by atoms with van der Waals surface area (Å²) in [5.74, 6) is -0.625. The maximum Gasteiger partial charge on any atom is 0.410 e. The van der Waals surface area contributed by atoms with Crippen molar-refractivity contribution in [1.82, 2.24) is 20.9 Å². The Bertz CT molecular complexity index is 745. The van der Waals surface area contributed by atoms with Crippen molar-refractivity contribution in [2.45, 2.75) is 90.5 Å². The maximum absolute atomic E-state index is 12.9. The smallest absolute Gasteiger partial charge is 0.410 e. The lowest BCUT2D eigenvalue weighted by molar-refractivity contribution is -0.126. The van der Waals surface area contributed by atoms with E-state index in [4.69, 9.17) is 9.47 Å². The van der Waals surface area contributed by atoms with E-state index in [1.807, 2.05) is 34.6 Å². The summed E-state index contributed by atoms with van der Waals surface area (Å²) >= 11 is 0. The van der Waals surface area contributed by atoms with Gasteiger partial charge < -0.3 is 35.4 Å². The molecule has 3 unspecified atom stereocenters. The van der Waals surface area contributed by atoms with Crippen molar-refractivity contribution in [1.29, 1.82) is 0 Å². The Balaban J connectivity index is 1.85. The van der Waals surface area contributed by atoms with E-state index < -0.39 is 29.7 Å². The van der Waals surface area contributed by atoms with Gasteiger partial charge in [-0.3, -0.25) is 9.59 Å². The molecule has 4 amide bonds. The molecule has 0 radical (unpaired) electrons. The fourth-order valence-corrected chi connectivity index (χ4v) is 4.21. The number of amides is 4.